The zero-order valence-corrected chi connectivity index (χ0v) is 16.3. The number of halogens is 3. The summed E-state index contributed by atoms with van der Waals surface area (Å²) in [5, 5.41) is 0.447. The molecular formula is C19H15ClF2N2OS2. The van der Waals surface area contributed by atoms with Gasteiger partial charge >= 0.3 is 0 Å². The minimum absolute atomic E-state index is 0.136. The molecule has 3 N–H and O–H groups in total. The van der Waals surface area contributed by atoms with Gasteiger partial charge in [-0.25, -0.2) is 13.0 Å². The van der Waals surface area contributed by atoms with Crippen LogP contribution in [0.5, 0.6) is 0 Å². The molecule has 0 saturated carbocycles. The van der Waals surface area contributed by atoms with E-state index in [4.69, 9.17) is 17.3 Å². The Bertz CT molecular complexity index is 1000. The minimum Gasteiger partial charge on any atom is -0.399 e. The highest BCUT2D eigenvalue weighted by atomic mass is 35.5. The van der Waals surface area contributed by atoms with Crippen LogP contribution in [-0.4, -0.2) is 4.21 Å². The molecule has 140 valence electrons. The van der Waals surface area contributed by atoms with Gasteiger partial charge in [0.2, 0.25) is 0 Å². The molecule has 0 amide bonds. The van der Waals surface area contributed by atoms with Crippen molar-refractivity contribution in [3.63, 3.8) is 0 Å². The second-order valence-electron chi connectivity index (χ2n) is 5.62. The number of anilines is 2. The standard InChI is InChI=1S/C19H15ClF2N2OS2/c20-13-4-6-18(26-11-12-2-1-3-15(23)8-12)17(9-13)24-27(25)19-7-5-14(21)10-16(19)22/h1-10,24H,11,23H2. The summed E-state index contributed by atoms with van der Waals surface area (Å²) in [6.07, 6.45) is 0. The molecule has 1 atom stereocenters. The molecule has 0 aliphatic heterocycles. The lowest BCUT2D eigenvalue weighted by Crippen LogP contribution is -2.08. The molecule has 3 nitrogen and oxygen atoms in total. The van der Waals surface area contributed by atoms with Crippen molar-refractivity contribution in [1.29, 1.82) is 0 Å². The maximum absolute atomic E-state index is 13.9. The van der Waals surface area contributed by atoms with Gasteiger partial charge in [-0.3, -0.25) is 4.72 Å². The molecule has 0 spiro atoms. The number of nitrogen functional groups attached to an aromatic ring is 1. The van der Waals surface area contributed by atoms with Gasteiger partial charge in [0.25, 0.3) is 0 Å². The molecule has 0 aliphatic rings. The monoisotopic (exact) mass is 424 g/mol. The maximum Gasteiger partial charge on any atom is 0.153 e. The van der Waals surface area contributed by atoms with Crippen molar-refractivity contribution < 1.29 is 13.0 Å². The Morgan fingerprint density at radius 3 is 2.63 bits per heavy atom. The topological polar surface area (TPSA) is 55.1 Å². The van der Waals surface area contributed by atoms with Gasteiger partial charge in [0.05, 0.1) is 10.6 Å². The minimum atomic E-state index is -1.91. The third kappa shape index (κ3) is 5.22. The van der Waals surface area contributed by atoms with Crippen LogP contribution in [0.3, 0.4) is 0 Å². The predicted molar refractivity (Wildman–Crippen MR) is 108 cm³/mol. The van der Waals surface area contributed by atoms with Crippen LogP contribution in [0.15, 0.2) is 70.5 Å². The first-order valence-electron chi connectivity index (χ1n) is 7.82. The van der Waals surface area contributed by atoms with Crippen LogP contribution in [0.1, 0.15) is 5.56 Å². The van der Waals surface area contributed by atoms with Crippen molar-refractivity contribution in [2.75, 3.05) is 10.5 Å². The molecular weight excluding hydrogens is 410 g/mol. The SMILES string of the molecule is Nc1cccc(CSc2ccc(Cl)cc2NS(=O)c2ccc(F)cc2F)c1. The molecule has 27 heavy (non-hydrogen) atoms. The first kappa shape index (κ1) is 19.7. The van der Waals surface area contributed by atoms with Crippen LogP contribution in [0.25, 0.3) is 0 Å². The average Bonchev–Trinajstić information content (AvgIpc) is 2.61. The summed E-state index contributed by atoms with van der Waals surface area (Å²) in [5.41, 5.74) is 8.00. The first-order valence-corrected chi connectivity index (χ1v) is 10.3. The lowest BCUT2D eigenvalue weighted by molar-refractivity contribution is 0.562. The summed E-state index contributed by atoms with van der Waals surface area (Å²) in [4.78, 5) is 0.654. The Hall–Kier alpha value is -2.09. The molecule has 3 aromatic carbocycles. The Morgan fingerprint density at radius 2 is 1.89 bits per heavy atom. The van der Waals surface area contributed by atoms with Crippen LogP contribution in [-0.2, 0) is 16.7 Å². The van der Waals surface area contributed by atoms with E-state index in [1.165, 1.54) is 11.8 Å². The van der Waals surface area contributed by atoms with Crippen LogP contribution in [0.4, 0.5) is 20.2 Å². The number of rotatable bonds is 6. The van der Waals surface area contributed by atoms with Gasteiger partial charge in [-0.05, 0) is 48.0 Å². The summed E-state index contributed by atoms with van der Waals surface area (Å²) >= 11 is 7.54. The fourth-order valence-electron chi connectivity index (χ4n) is 2.33. The molecule has 8 heteroatoms. The number of nitrogens with two attached hydrogens (primary N) is 1. The van der Waals surface area contributed by atoms with E-state index in [9.17, 15) is 13.0 Å². The highest BCUT2D eigenvalue weighted by Crippen LogP contribution is 2.33. The van der Waals surface area contributed by atoms with E-state index in [1.807, 2.05) is 24.3 Å². The molecule has 0 radical (unpaired) electrons. The van der Waals surface area contributed by atoms with Gasteiger partial charge in [-0.2, -0.15) is 0 Å². The average molecular weight is 425 g/mol. The summed E-state index contributed by atoms with van der Waals surface area (Å²) < 4.78 is 42.2. The zero-order valence-electron chi connectivity index (χ0n) is 13.9. The van der Waals surface area contributed by atoms with Gasteiger partial charge in [0, 0.05) is 27.4 Å². The number of hydrogen-bond donors (Lipinski definition) is 2. The van der Waals surface area contributed by atoms with E-state index in [1.54, 1.807) is 18.2 Å². The van der Waals surface area contributed by atoms with Crippen molar-refractivity contribution >= 4 is 45.7 Å². The highest BCUT2D eigenvalue weighted by molar-refractivity contribution is 7.98. The van der Waals surface area contributed by atoms with E-state index in [-0.39, 0.29) is 4.90 Å². The highest BCUT2D eigenvalue weighted by Gasteiger charge is 2.14. The van der Waals surface area contributed by atoms with Crippen molar-refractivity contribution in [2.24, 2.45) is 0 Å². The van der Waals surface area contributed by atoms with Crippen LogP contribution < -0.4 is 10.5 Å². The molecule has 0 aromatic heterocycles. The lowest BCUT2D eigenvalue weighted by Gasteiger charge is -2.12. The summed E-state index contributed by atoms with van der Waals surface area (Å²) in [6.45, 7) is 0. The van der Waals surface area contributed by atoms with Crippen LogP contribution >= 0.6 is 23.4 Å². The number of hydrogen-bond acceptors (Lipinski definition) is 3. The van der Waals surface area contributed by atoms with E-state index < -0.39 is 22.6 Å². The lowest BCUT2D eigenvalue weighted by atomic mass is 10.2. The van der Waals surface area contributed by atoms with Crippen molar-refractivity contribution in [1.82, 2.24) is 0 Å². The second-order valence-corrected chi connectivity index (χ2v) is 8.25. The largest absolute Gasteiger partial charge is 0.399 e. The number of thioether (sulfide) groups is 1. The van der Waals surface area contributed by atoms with Crippen LogP contribution in [0.2, 0.25) is 5.02 Å². The molecule has 0 heterocycles. The summed E-state index contributed by atoms with van der Waals surface area (Å²) in [5.74, 6) is -0.968. The van der Waals surface area contributed by atoms with Gasteiger partial charge in [0.15, 0.2) is 11.0 Å². The smallest absolute Gasteiger partial charge is 0.153 e. The second kappa shape index (κ2) is 8.73. The normalized spacial score (nSPS) is 12.0. The van der Waals surface area contributed by atoms with Gasteiger partial charge < -0.3 is 5.73 Å². The van der Waals surface area contributed by atoms with Gasteiger partial charge in [-0.15, -0.1) is 11.8 Å². The molecule has 0 bridgehead atoms. The molecule has 3 aromatic rings. The Kier molecular flexibility index (Phi) is 6.36. The number of benzene rings is 3. The summed E-state index contributed by atoms with van der Waals surface area (Å²) in [6, 6.07) is 15.5. The predicted octanol–water partition coefficient (Wildman–Crippen LogP) is 5.63. The molecule has 0 saturated heterocycles. The summed E-state index contributed by atoms with van der Waals surface area (Å²) in [7, 11) is -1.91. The Balaban J connectivity index is 1.80. The first-order chi connectivity index (χ1) is 12.9. The van der Waals surface area contributed by atoms with Crippen molar-refractivity contribution in [3.8, 4) is 0 Å². The molecule has 0 aliphatic carbocycles. The zero-order chi connectivity index (χ0) is 19.4. The Morgan fingerprint density at radius 1 is 1.07 bits per heavy atom. The number of nitrogens with one attached hydrogen (secondary N) is 1. The van der Waals surface area contributed by atoms with Crippen molar-refractivity contribution in [2.45, 2.75) is 15.5 Å². The van der Waals surface area contributed by atoms with E-state index in [0.29, 0.717) is 28.2 Å². The van der Waals surface area contributed by atoms with E-state index in [0.717, 1.165) is 22.6 Å². The third-order valence-electron chi connectivity index (χ3n) is 3.58. The quantitative estimate of drug-likeness (QED) is 0.398. The molecule has 1 unspecified atom stereocenters. The molecule has 3 rings (SSSR count). The molecule has 0 fully saturated rings. The van der Waals surface area contributed by atoms with E-state index >= 15 is 0 Å². The fraction of sp³-hybridized carbons (Fsp3) is 0.0526. The van der Waals surface area contributed by atoms with E-state index in [2.05, 4.69) is 4.72 Å². The fourth-order valence-corrected chi connectivity index (χ4v) is 4.41. The third-order valence-corrected chi connectivity index (χ3v) is 6.10. The maximum atomic E-state index is 13.9. The Labute approximate surface area is 167 Å². The van der Waals surface area contributed by atoms with Crippen molar-refractivity contribution in [3.05, 3.63) is 82.9 Å². The van der Waals surface area contributed by atoms with Gasteiger partial charge in [0.1, 0.15) is 11.6 Å². The van der Waals surface area contributed by atoms with Crippen LogP contribution in [0, 0.1) is 11.6 Å². The van der Waals surface area contributed by atoms with Gasteiger partial charge in [-0.1, -0.05) is 23.7 Å².